The third-order valence-electron chi connectivity index (χ3n) is 4.49. The number of nitrogens with one attached hydrogen (secondary N) is 2. The summed E-state index contributed by atoms with van der Waals surface area (Å²) >= 11 is 0. The molecule has 4 N–H and O–H groups in total. The molecule has 2 heterocycles. The maximum atomic E-state index is 13.4. The van der Waals surface area contributed by atoms with Crippen LogP contribution < -0.4 is 10.6 Å². The number of primary amides is 1. The Morgan fingerprint density at radius 1 is 1.11 bits per heavy atom. The molecular formula is C20H18N6O2. The van der Waals surface area contributed by atoms with E-state index in [1.165, 1.54) is 11.2 Å². The van der Waals surface area contributed by atoms with Crippen molar-refractivity contribution in [2.75, 3.05) is 4.90 Å². The molecule has 0 aliphatic heterocycles. The number of aromatic amines is 2. The number of carbonyl (C=O) groups excluding carboxylic acids is 2. The van der Waals surface area contributed by atoms with E-state index in [2.05, 4.69) is 19.9 Å². The highest BCUT2D eigenvalue weighted by Gasteiger charge is 2.29. The van der Waals surface area contributed by atoms with E-state index in [-0.39, 0.29) is 11.4 Å². The summed E-state index contributed by atoms with van der Waals surface area (Å²) in [6, 6.07) is 13.3. The number of imidazole rings is 2. The van der Waals surface area contributed by atoms with Crippen LogP contribution in [-0.2, 0) is 0 Å². The SMILES string of the molecule is Cc1ccc(C)c(N(C(=O)c2nc[nH]c2C(N)=O)c2nc3ccccc3[nH]2)c1. The van der Waals surface area contributed by atoms with Gasteiger partial charge in [0.05, 0.1) is 23.0 Å². The van der Waals surface area contributed by atoms with Gasteiger partial charge >= 0.3 is 0 Å². The van der Waals surface area contributed by atoms with Gasteiger partial charge in [-0.05, 0) is 43.2 Å². The Hall–Kier alpha value is -3.94. The number of rotatable bonds is 4. The van der Waals surface area contributed by atoms with E-state index in [9.17, 15) is 9.59 Å². The third kappa shape index (κ3) is 2.90. The molecule has 28 heavy (non-hydrogen) atoms. The van der Waals surface area contributed by atoms with Crippen molar-refractivity contribution >= 4 is 34.5 Å². The molecule has 8 nitrogen and oxygen atoms in total. The molecule has 0 unspecified atom stereocenters. The van der Waals surface area contributed by atoms with E-state index in [1.54, 1.807) is 0 Å². The first-order valence-electron chi connectivity index (χ1n) is 8.65. The first-order valence-corrected chi connectivity index (χ1v) is 8.65. The Labute approximate surface area is 160 Å². The largest absolute Gasteiger partial charge is 0.364 e. The van der Waals surface area contributed by atoms with Crippen LogP contribution in [0.3, 0.4) is 0 Å². The summed E-state index contributed by atoms with van der Waals surface area (Å²) in [5.41, 5.74) is 9.28. The van der Waals surface area contributed by atoms with Crippen LogP contribution in [0.4, 0.5) is 11.6 Å². The number of aryl methyl sites for hydroxylation is 2. The highest BCUT2D eigenvalue weighted by molar-refractivity contribution is 6.14. The predicted molar refractivity (Wildman–Crippen MR) is 106 cm³/mol. The van der Waals surface area contributed by atoms with Gasteiger partial charge in [-0.3, -0.25) is 9.59 Å². The van der Waals surface area contributed by atoms with Crippen molar-refractivity contribution in [3.8, 4) is 0 Å². The van der Waals surface area contributed by atoms with Crippen molar-refractivity contribution in [3.63, 3.8) is 0 Å². The van der Waals surface area contributed by atoms with Crippen molar-refractivity contribution in [1.29, 1.82) is 0 Å². The number of fused-ring (bicyclic) bond motifs is 1. The molecule has 0 atom stereocenters. The van der Waals surface area contributed by atoms with Gasteiger partial charge in [0, 0.05) is 0 Å². The number of aromatic nitrogens is 4. The average molecular weight is 374 g/mol. The summed E-state index contributed by atoms with van der Waals surface area (Å²) in [4.78, 5) is 41.0. The molecule has 0 aliphatic rings. The fourth-order valence-corrected chi connectivity index (χ4v) is 3.08. The fourth-order valence-electron chi connectivity index (χ4n) is 3.08. The molecule has 0 saturated carbocycles. The van der Waals surface area contributed by atoms with Gasteiger partial charge in [-0.1, -0.05) is 24.3 Å². The lowest BCUT2D eigenvalue weighted by Gasteiger charge is -2.22. The Morgan fingerprint density at radius 3 is 2.64 bits per heavy atom. The number of carbonyl (C=O) groups is 2. The summed E-state index contributed by atoms with van der Waals surface area (Å²) in [7, 11) is 0. The highest BCUT2D eigenvalue weighted by atomic mass is 16.2. The van der Waals surface area contributed by atoms with Crippen molar-refractivity contribution in [3.05, 3.63) is 71.3 Å². The number of nitrogens with two attached hydrogens (primary N) is 1. The molecular weight excluding hydrogens is 356 g/mol. The summed E-state index contributed by atoms with van der Waals surface area (Å²) in [5, 5.41) is 0. The van der Waals surface area contributed by atoms with Gasteiger partial charge in [-0.25, -0.2) is 14.9 Å². The van der Waals surface area contributed by atoms with Gasteiger partial charge in [0.1, 0.15) is 5.69 Å². The lowest BCUT2D eigenvalue weighted by Crippen LogP contribution is -2.30. The second-order valence-electron chi connectivity index (χ2n) is 6.50. The molecule has 4 rings (SSSR count). The number of para-hydroxylation sites is 2. The second kappa shape index (κ2) is 6.66. The molecule has 0 aliphatic carbocycles. The zero-order chi connectivity index (χ0) is 19.8. The van der Waals surface area contributed by atoms with Crippen LogP contribution >= 0.6 is 0 Å². The molecule has 4 aromatic rings. The number of nitrogens with zero attached hydrogens (tertiary/aromatic N) is 3. The molecule has 0 bridgehead atoms. The number of anilines is 2. The van der Waals surface area contributed by atoms with E-state index < -0.39 is 11.8 Å². The topological polar surface area (TPSA) is 121 Å². The van der Waals surface area contributed by atoms with Crippen LogP contribution in [0.5, 0.6) is 0 Å². The van der Waals surface area contributed by atoms with Crippen molar-refractivity contribution in [2.24, 2.45) is 5.73 Å². The van der Waals surface area contributed by atoms with Crippen LogP contribution in [-0.4, -0.2) is 31.8 Å². The molecule has 0 fully saturated rings. The minimum atomic E-state index is -0.758. The van der Waals surface area contributed by atoms with Crippen LogP contribution in [0.25, 0.3) is 11.0 Å². The molecule has 0 radical (unpaired) electrons. The summed E-state index contributed by atoms with van der Waals surface area (Å²) in [6.45, 7) is 3.84. The van der Waals surface area contributed by atoms with Gasteiger partial charge < -0.3 is 15.7 Å². The van der Waals surface area contributed by atoms with Crippen LogP contribution in [0, 0.1) is 13.8 Å². The van der Waals surface area contributed by atoms with Crippen LogP contribution in [0.15, 0.2) is 48.8 Å². The van der Waals surface area contributed by atoms with E-state index in [1.807, 2.05) is 56.3 Å². The lowest BCUT2D eigenvalue weighted by molar-refractivity contribution is 0.0961. The highest BCUT2D eigenvalue weighted by Crippen LogP contribution is 2.31. The zero-order valence-electron chi connectivity index (χ0n) is 15.4. The maximum Gasteiger partial charge on any atom is 0.286 e. The van der Waals surface area contributed by atoms with Gasteiger partial charge in [0.25, 0.3) is 11.8 Å². The van der Waals surface area contributed by atoms with Crippen molar-refractivity contribution in [2.45, 2.75) is 13.8 Å². The number of benzene rings is 2. The Kier molecular flexibility index (Phi) is 4.15. The molecule has 8 heteroatoms. The first-order chi connectivity index (χ1) is 13.5. The summed E-state index contributed by atoms with van der Waals surface area (Å²) in [5.74, 6) is -0.938. The number of H-pyrrole nitrogens is 2. The first kappa shape index (κ1) is 17.5. The predicted octanol–water partition coefficient (Wildman–Crippen LogP) is 2.98. The molecule has 2 amide bonds. The standard InChI is InChI=1S/C20H18N6O2/c1-11-7-8-12(2)15(9-11)26(19(28)17-16(18(21)27)22-10-23-17)20-24-13-5-3-4-6-14(13)25-20/h3-10H,1-2H3,(H2,21,27)(H,22,23)(H,24,25). The van der Waals surface area contributed by atoms with Crippen molar-refractivity contribution < 1.29 is 9.59 Å². The molecule has 0 spiro atoms. The minimum absolute atomic E-state index is 0.0450. The van der Waals surface area contributed by atoms with Crippen LogP contribution in [0.1, 0.15) is 32.1 Å². The fraction of sp³-hybridized carbons (Fsp3) is 0.100. The Morgan fingerprint density at radius 2 is 1.89 bits per heavy atom. The van der Waals surface area contributed by atoms with Gasteiger partial charge in [-0.2, -0.15) is 0 Å². The number of hydrogen-bond donors (Lipinski definition) is 3. The zero-order valence-corrected chi connectivity index (χ0v) is 15.4. The number of hydrogen-bond acceptors (Lipinski definition) is 4. The van der Waals surface area contributed by atoms with Crippen molar-refractivity contribution in [1.82, 2.24) is 19.9 Å². The quantitative estimate of drug-likeness (QED) is 0.508. The summed E-state index contributed by atoms with van der Waals surface area (Å²) < 4.78 is 0. The van der Waals surface area contributed by atoms with E-state index in [4.69, 9.17) is 5.73 Å². The molecule has 2 aromatic heterocycles. The normalized spacial score (nSPS) is 10.9. The molecule has 0 saturated heterocycles. The van der Waals surface area contributed by atoms with E-state index in [0.717, 1.165) is 22.2 Å². The minimum Gasteiger partial charge on any atom is -0.364 e. The Bertz CT molecular complexity index is 1170. The lowest BCUT2D eigenvalue weighted by atomic mass is 10.1. The smallest absolute Gasteiger partial charge is 0.286 e. The van der Waals surface area contributed by atoms with Gasteiger partial charge in [-0.15, -0.1) is 0 Å². The maximum absolute atomic E-state index is 13.4. The van der Waals surface area contributed by atoms with Crippen LogP contribution in [0.2, 0.25) is 0 Å². The van der Waals surface area contributed by atoms with Gasteiger partial charge in [0.2, 0.25) is 5.95 Å². The van der Waals surface area contributed by atoms with Gasteiger partial charge in [0.15, 0.2) is 5.69 Å². The number of amides is 2. The van der Waals surface area contributed by atoms with E-state index >= 15 is 0 Å². The molecule has 2 aromatic carbocycles. The molecule has 140 valence electrons. The third-order valence-corrected chi connectivity index (χ3v) is 4.49. The Balaban J connectivity index is 1.93. The average Bonchev–Trinajstić information content (AvgIpc) is 3.31. The second-order valence-corrected chi connectivity index (χ2v) is 6.50. The van der Waals surface area contributed by atoms with E-state index in [0.29, 0.717) is 11.6 Å². The monoisotopic (exact) mass is 374 g/mol. The summed E-state index contributed by atoms with van der Waals surface area (Å²) in [6.07, 6.45) is 1.27.